The molecule has 1 saturated heterocycles. The van der Waals surface area contributed by atoms with Gasteiger partial charge in [-0.2, -0.15) is 8.78 Å². The van der Waals surface area contributed by atoms with Gasteiger partial charge in [0, 0.05) is 23.3 Å². The minimum Gasteiger partial charge on any atom is -0.487 e. The van der Waals surface area contributed by atoms with Crippen LogP contribution in [0.5, 0.6) is 5.75 Å². The number of fused-ring (bicyclic) bond motifs is 1. The van der Waals surface area contributed by atoms with Crippen LogP contribution in [0, 0.1) is 11.8 Å². The van der Waals surface area contributed by atoms with Crippen molar-refractivity contribution in [1.29, 1.82) is 0 Å². The summed E-state index contributed by atoms with van der Waals surface area (Å²) in [4.78, 5) is 11.3. The van der Waals surface area contributed by atoms with Gasteiger partial charge >= 0.3 is 5.97 Å². The van der Waals surface area contributed by atoms with Crippen LogP contribution in [0.2, 0.25) is 5.02 Å². The number of alkyl halides is 2. The van der Waals surface area contributed by atoms with Crippen molar-refractivity contribution >= 4 is 17.6 Å². The van der Waals surface area contributed by atoms with E-state index in [2.05, 4.69) is 0 Å². The van der Waals surface area contributed by atoms with E-state index in [1.54, 1.807) is 18.2 Å². The Morgan fingerprint density at radius 1 is 1.46 bits per heavy atom. The van der Waals surface area contributed by atoms with Gasteiger partial charge in [-0.05, 0) is 24.3 Å². The molecule has 2 aliphatic rings. The number of rotatable bonds is 5. The van der Waals surface area contributed by atoms with E-state index in [-0.39, 0.29) is 36.6 Å². The van der Waals surface area contributed by atoms with Crippen LogP contribution in [-0.2, 0) is 9.53 Å². The van der Waals surface area contributed by atoms with Crippen LogP contribution in [0.1, 0.15) is 12.8 Å². The Morgan fingerprint density at radius 2 is 2.25 bits per heavy atom. The van der Waals surface area contributed by atoms with Crippen LogP contribution in [-0.4, -0.2) is 35.8 Å². The van der Waals surface area contributed by atoms with E-state index < -0.39 is 24.6 Å². The SMILES string of the molecule is O=C1C[C@@H]2[C@@H](/C=C/C(F)(F)COc3cccc(Cl)c3)[C@H](O)C[C@@H]2O1. The first-order valence-corrected chi connectivity index (χ1v) is 8.05. The second kappa shape index (κ2) is 6.69. The van der Waals surface area contributed by atoms with Crippen LogP contribution < -0.4 is 4.74 Å². The monoisotopic (exact) mass is 358 g/mol. The lowest BCUT2D eigenvalue weighted by Gasteiger charge is -2.17. The fraction of sp³-hybridized carbons (Fsp3) is 0.471. The topological polar surface area (TPSA) is 55.8 Å². The molecule has 4 atom stereocenters. The maximum absolute atomic E-state index is 14.0. The van der Waals surface area contributed by atoms with Crippen molar-refractivity contribution in [2.75, 3.05) is 6.61 Å². The quantitative estimate of drug-likeness (QED) is 0.648. The molecule has 3 rings (SSSR count). The fourth-order valence-electron chi connectivity index (χ4n) is 3.22. The minimum atomic E-state index is -3.20. The highest BCUT2D eigenvalue weighted by Crippen LogP contribution is 2.42. The van der Waals surface area contributed by atoms with Gasteiger partial charge in [0.25, 0.3) is 5.92 Å². The molecule has 0 spiro atoms. The Morgan fingerprint density at radius 3 is 3.00 bits per heavy atom. The van der Waals surface area contributed by atoms with Gasteiger partial charge in [-0.15, -0.1) is 0 Å². The number of aliphatic hydroxyl groups is 1. The van der Waals surface area contributed by atoms with Gasteiger partial charge in [0.05, 0.1) is 12.5 Å². The van der Waals surface area contributed by atoms with Gasteiger partial charge in [-0.1, -0.05) is 23.7 Å². The summed E-state index contributed by atoms with van der Waals surface area (Å²) in [5.74, 6) is -4.05. The highest BCUT2D eigenvalue weighted by Gasteiger charge is 2.48. The van der Waals surface area contributed by atoms with Crippen LogP contribution in [0.3, 0.4) is 0 Å². The number of benzene rings is 1. The van der Waals surface area contributed by atoms with Crippen molar-refractivity contribution in [3.05, 3.63) is 41.4 Å². The zero-order valence-corrected chi connectivity index (χ0v) is 13.5. The third-order valence-corrected chi connectivity index (χ3v) is 4.60. The Labute approximate surface area is 143 Å². The zero-order valence-electron chi connectivity index (χ0n) is 12.7. The molecule has 1 aliphatic carbocycles. The summed E-state index contributed by atoms with van der Waals surface area (Å²) in [6.07, 6.45) is 1.29. The van der Waals surface area contributed by atoms with E-state index >= 15 is 0 Å². The minimum absolute atomic E-state index is 0.154. The summed E-state index contributed by atoms with van der Waals surface area (Å²) in [6, 6.07) is 6.22. The summed E-state index contributed by atoms with van der Waals surface area (Å²) in [5.41, 5.74) is 0. The average molecular weight is 359 g/mol. The van der Waals surface area contributed by atoms with E-state index in [0.29, 0.717) is 5.02 Å². The van der Waals surface area contributed by atoms with Crippen LogP contribution in [0.4, 0.5) is 8.78 Å². The van der Waals surface area contributed by atoms with E-state index in [0.717, 1.165) is 6.08 Å². The molecule has 1 aromatic rings. The summed E-state index contributed by atoms with van der Waals surface area (Å²) in [7, 11) is 0. The maximum atomic E-state index is 14.0. The van der Waals surface area contributed by atoms with Gasteiger partial charge in [0.2, 0.25) is 0 Å². The van der Waals surface area contributed by atoms with E-state index in [9.17, 15) is 18.7 Å². The highest BCUT2D eigenvalue weighted by molar-refractivity contribution is 6.30. The summed E-state index contributed by atoms with van der Waals surface area (Å²) < 4.78 is 38.1. The largest absolute Gasteiger partial charge is 0.487 e. The van der Waals surface area contributed by atoms with E-state index in [4.69, 9.17) is 21.1 Å². The van der Waals surface area contributed by atoms with Gasteiger partial charge in [-0.3, -0.25) is 4.79 Å². The maximum Gasteiger partial charge on any atom is 0.306 e. The van der Waals surface area contributed by atoms with Crippen molar-refractivity contribution in [2.45, 2.75) is 31.0 Å². The lowest BCUT2D eigenvalue weighted by Crippen LogP contribution is -2.25. The zero-order chi connectivity index (χ0) is 17.3. The molecule has 2 fully saturated rings. The van der Waals surface area contributed by atoms with Crippen LogP contribution in [0.25, 0.3) is 0 Å². The summed E-state index contributed by atoms with van der Waals surface area (Å²) >= 11 is 5.77. The normalized spacial score (nSPS) is 29.8. The second-order valence-electron chi connectivity index (χ2n) is 6.14. The van der Waals surface area contributed by atoms with Gasteiger partial charge < -0.3 is 14.6 Å². The van der Waals surface area contributed by atoms with Gasteiger partial charge in [-0.25, -0.2) is 0 Å². The molecule has 1 N–H and O–H groups in total. The summed E-state index contributed by atoms with van der Waals surface area (Å²) in [6.45, 7) is -0.837. The molecule has 1 aliphatic heterocycles. The molecule has 0 amide bonds. The fourth-order valence-corrected chi connectivity index (χ4v) is 3.40. The molecule has 1 aromatic carbocycles. The van der Waals surface area contributed by atoms with E-state index in [1.165, 1.54) is 12.1 Å². The molecule has 0 radical (unpaired) electrons. The number of aliphatic hydroxyl groups excluding tert-OH is 1. The molecular weight excluding hydrogens is 342 g/mol. The van der Waals surface area contributed by atoms with Crippen LogP contribution in [0.15, 0.2) is 36.4 Å². The number of hydrogen-bond donors (Lipinski definition) is 1. The second-order valence-corrected chi connectivity index (χ2v) is 6.58. The Hall–Kier alpha value is -1.66. The third-order valence-electron chi connectivity index (χ3n) is 4.36. The number of ether oxygens (including phenoxy) is 2. The number of halogens is 3. The number of carbonyl (C=O) groups excluding carboxylic acids is 1. The standard InChI is InChI=1S/C17H17ClF2O4/c18-10-2-1-3-11(6-10)23-9-17(19,20)5-4-12-13-7-16(22)24-15(13)8-14(12)21/h1-6,12-15,21H,7-9H2/b5-4+/t12-,13-,14-,15+/m1/s1. The molecule has 1 saturated carbocycles. The predicted molar refractivity (Wildman–Crippen MR) is 83.1 cm³/mol. The van der Waals surface area contributed by atoms with Crippen molar-refractivity contribution in [3.63, 3.8) is 0 Å². The molecule has 0 unspecified atom stereocenters. The number of esters is 1. The number of hydrogen-bond acceptors (Lipinski definition) is 4. The first kappa shape index (κ1) is 17.2. The Balaban J connectivity index is 1.61. The molecule has 0 aromatic heterocycles. The molecule has 7 heteroatoms. The first-order valence-electron chi connectivity index (χ1n) is 7.67. The molecule has 0 bridgehead atoms. The lowest BCUT2D eigenvalue weighted by molar-refractivity contribution is -0.141. The molecule has 130 valence electrons. The molecular formula is C17H17ClF2O4. The van der Waals surface area contributed by atoms with Crippen LogP contribution >= 0.6 is 11.6 Å². The van der Waals surface area contributed by atoms with Gasteiger partial charge in [0.15, 0.2) is 6.61 Å². The third kappa shape index (κ3) is 3.87. The average Bonchev–Trinajstić information content (AvgIpc) is 2.98. The van der Waals surface area contributed by atoms with Crippen molar-refractivity contribution in [3.8, 4) is 5.75 Å². The summed E-state index contributed by atoms with van der Waals surface area (Å²) in [5, 5.41) is 10.4. The Bertz CT molecular complexity index is 649. The van der Waals surface area contributed by atoms with E-state index in [1.807, 2.05) is 0 Å². The first-order chi connectivity index (χ1) is 11.3. The smallest absolute Gasteiger partial charge is 0.306 e. The van der Waals surface area contributed by atoms with Crippen molar-refractivity contribution in [2.24, 2.45) is 11.8 Å². The van der Waals surface area contributed by atoms with Crippen molar-refractivity contribution in [1.82, 2.24) is 0 Å². The molecule has 24 heavy (non-hydrogen) atoms. The molecule has 4 nitrogen and oxygen atoms in total. The number of carbonyl (C=O) groups is 1. The van der Waals surface area contributed by atoms with Gasteiger partial charge in [0.1, 0.15) is 11.9 Å². The lowest BCUT2D eigenvalue weighted by atomic mass is 9.91. The predicted octanol–water partition coefficient (Wildman–Crippen LogP) is 3.22. The highest BCUT2D eigenvalue weighted by atomic mass is 35.5. The van der Waals surface area contributed by atoms with Crippen molar-refractivity contribution < 1.29 is 28.2 Å². The molecule has 1 heterocycles. The Kier molecular flexibility index (Phi) is 4.78.